The lowest BCUT2D eigenvalue weighted by molar-refractivity contribution is -0.143. The van der Waals surface area contributed by atoms with Crippen molar-refractivity contribution in [1.29, 1.82) is 5.26 Å². The molecule has 0 fully saturated rings. The van der Waals surface area contributed by atoms with Gasteiger partial charge in [-0.05, 0) is 43.5 Å². The minimum absolute atomic E-state index is 0.00661. The summed E-state index contributed by atoms with van der Waals surface area (Å²) in [6.45, 7) is 3.51. The molecular formula is C22H20N2O3. The van der Waals surface area contributed by atoms with Gasteiger partial charge < -0.3 is 9.64 Å². The first-order valence-electron chi connectivity index (χ1n) is 8.75. The Bertz CT molecular complexity index is 939. The van der Waals surface area contributed by atoms with E-state index in [-0.39, 0.29) is 17.5 Å². The fourth-order valence-corrected chi connectivity index (χ4v) is 3.19. The van der Waals surface area contributed by atoms with Crippen LogP contribution in [0.3, 0.4) is 0 Å². The second-order valence-electron chi connectivity index (χ2n) is 6.60. The highest BCUT2D eigenvalue weighted by molar-refractivity contribution is 6.01. The number of aryl methyl sites for hydroxylation is 1. The van der Waals surface area contributed by atoms with Gasteiger partial charge in [0.05, 0.1) is 0 Å². The third kappa shape index (κ3) is 4.06. The predicted molar refractivity (Wildman–Crippen MR) is 103 cm³/mol. The van der Waals surface area contributed by atoms with Crippen molar-refractivity contribution in [2.24, 2.45) is 0 Å². The summed E-state index contributed by atoms with van der Waals surface area (Å²) in [5.41, 5.74) is 3.62. The van der Waals surface area contributed by atoms with Crippen LogP contribution in [-0.2, 0) is 20.7 Å². The van der Waals surface area contributed by atoms with Crippen molar-refractivity contribution in [3.63, 3.8) is 0 Å². The van der Waals surface area contributed by atoms with Crippen molar-refractivity contribution < 1.29 is 14.3 Å². The van der Waals surface area contributed by atoms with Crippen LogP contribution < -0.4 is 4.90 Å². The highest BCUT2D eigenvalue weighted by Gasteiger charge is 2.31. The molecule has 5 nitrogen and oxygen atoms in total. The number of amides is 1. The zero-order valence-corrected chi connectivity index (χ0v) is 15.3. The molecule has 0 saturated carbocycles. The lowest BCUT2D eigenvalue weighted by Crippen LogP contribution is -2.38. The van der Waals surface area contributed by atoms with Crippen molar-refractivity contribution in [3.05, 3.63) is 70.8 Å². The molecule has 136 valence electrons. The SMILES string of the molecule is Cc1ccc(/C=C(\C#N)C(=O)OCC(=O)N2c3ccccc3C[C@H]2C)cc1. The molecule has 1 aliphatic rings. The summed E-state index contributed by atoms with van der Waals surface area (Å²) in [4.78, 5) is 26.4. The molecule has 1 amide bonds. The molecule has 0 spiro atoms. The first kappa shape index (κ1) is 18.4. The Balaban J connectivity index is 1.67. The van der Waals surface area contributed by atoms with Crippen LogP contribution in [0.15, 0.2) is 54.1 Å². The number of para-hydroxylation sites is 1. The Morgan fingerprint density at radius 3 is 2.63 bits per heavy atom. The number of benzene rings is 2. The first-order chi connectivity index (χ1) is 13.0. The average Bonchev–Trinajstić information content (AvgIpc) is 3.01. The zero-order chi connectivity index (χ0) is 19.4. The van der Waals surface area contributed by atoms with Gasteiger partial charge in [-0.15, -0.1) is 0 Å². The van der Waals surface area contributed by atoms with E-state index in [2.05, 4.69) is 0 Å². The largest absolute Gasteiger partial charge is 0.451 e. The summed E-state index contributed by atoms with van der Waals surface area (Å²) >= 11 is 0. The van der Waals surface area contributed by atoms with Gasteiger partial charge in [-0.3, -0.25) is 4.79 Å². The Morgan fingerprint density at radius 2 is 1.93 bits per heavy atom. The minimum Gasteiger partial charge on any atom is -0.451 e. The second-order valence-corrected chi connectivity index (χ2v) is 6.60. The van der Waals surface area contributed by atoms with Crippen molar-refractivity contribution >= 4 is 23.6 Å². The van der Waals surface area contributed by atoms with Crippen LogP contribution in [-0.4, -0.2) is 24.5 Å². The third-order valence-corrected chi connectivity index (χ3v) is 4.53. The van der Waals surface area contributed by atoms with Gasteiger partial charge in [0.25, 0.3) is 5.91 Å². The van der Waals surface area contributed by atoms with E-state index in [0.717, 1.165) is 28.8 Å². The lowest BCUT2D eigenvalue weighted by atomic mass is 10.1. The Kier molecular flexibility index (Phi) is 5.37. The van der Waals surface area contributed by atoms with Crippen LogP contribution in [0.5, 0.6) is 0 Å². The van der Waals surface area contributed by atoms with E-state index < -0.39 is 12.6 Å². The molecule has 0 bridgehead atoms. The van der Waals surface area contributed by atoms with Gasteiger partial charge in [-0.2, -0.15) is 5.26 Å². The Labute approximate surface area is 158 Å². The van der Waals surface area contributed by atoms with Crippen molar-refractivity contribution in [3.8, 4) is 6.07 Å². The molecule has 0 aliphatic carbocycles. The van der Waals surface area contributed by atoms with Gasteiger partial charge in [0, 0.05) is 11.7 Å². The number of carbonyl (C=O) groups is 2. The Hall–Kier alpha value is -3.39. The fourth-order valence-electron chi connectivity index (χ4n) is 3.19. The lowest BCUT2D eigenvalue weighted by Gasteiger charge is -2.22. The number of carbonyl (C=O) groups excluding carboxylic acids is 2. The van der Waals surface area contributed by atoms with Gasteiger partial charge in [-0.1, -0.05) is 48.0 Å². The van der Waals surface area contributed by atoms with Crippen LogP contribution in [0.2, 0.25) is 0 Å². The highest BCUT2D eigenvalue weighted by Crippen LogP contribution is 2.31. The summed E-state index contributed by atoms with van der Waals surface area (Å²) < 4.78 is 5.11. The number of esters is 1. The Morgan fingerprint density at radius 1 is 1.22 bits per heavy atom. The number of ether oxygens (including phenoxy) is 1. The molecule has 3 rings (SSSR count). The van der Waals surface area contributed by atoms with Crippen molar-refractivity contribution in [2.75, 3.05) is 11.5 Å². The summed E-state index contributed by atoms with van der Waals surface area (Å²) in [6.07, 6.45) is 2.23. The molecule has 1 aliphatic heterocycles. The number of hydrogen-bond acceptors (Lipinski definition) is 4. The van der Waals surface area contributed by atoms with Crippen LogP contribution in [0, 0.1) is 18.3 Å². The number of anilines is 1. The van der Waals surface area contributed by atoms with Gasteiger partial charge in [-0.25, -0.2) is 4.79 Å². The third-order valence-electron chi connectivity index (χ3n) is 4.53. The standard InChI is InChI=1S/C22H20N2O3/c1-15-7-9-17(10-8-15)12-19(13-23)22(26)27-14-21(25)24-16(2)11-18-5-3-4-6-20(18)24/h3-10,12,16H,11,14H2,1-2H3/b19-12+/t16-/m1/s1. The molecule has 5 heteroatoms. The van der Waals surface area contributed by atoms with E-state index in [9.17, 15) is 14.9 Å². The van der Waals surface area contributed by atoms with Gasteiger partial charge in [0.2, 0.25) is 0 Å². The number of nitriles is 1. The quantitative estimate of drug-likeness (QED) is 0.476. The fraction of sp³-hybridized carbons (Fsp3) is 0.227. The average molecular weight is 360 g/mol. The van der Waals surface area contributed by atoms with E-state index >= 15 is 0 Å². The van der Waals surface area contributed by atoms with E-state index in [4.69, 9.17) is 4.74 Å². The van der Waals surface area contributed by atoms with Gasteiger partial charge in [0.15, 0.2) is 6.61 Å². The van der Waals surface area contributed by atoms with E-state index in [1.54, 1.807) is 4.90 Å². The molecule has 27 heavy (non-hydrogen) atoms. The molecule has 0 N–H and O–H groups in total. The number of hydrogen-bond donors (Lipinski definition) is 0. The maximum Gasteiger partial charge on any atom is 0.349 e. The normalized spacial score (nSPS) is 15.8. The van der Waals surface area contributed by atoms with Crippen molar-refractivity contribution in [1.82, 2.24) is 0 Å². The van der Waals surface area contributed by atoms with E-state index in [1.807, 2.05) is 68.4 Å². The maximum atomic E-state index is 12.6. The second kappa shape index (κ2) is 7.88. The smallest absolute Gasteiger partial charge is 0.349 e. The molecule has 2 aromatic carbocycles. The first-order valence-corrected chi connectivity index (χ1v) is 8.75. The topological polar surface area (TPSA) is 70.4 Å². The van der Waals surface area contributed by atoms with Crippen LogP contribution in [0.25, 0.3) is 6.08 Å². The summed E-state index contributed by atoms with van der Waals surface area (Å²) in [5, 5.41) is 9.25. The molecule has 1 heterocycles. The molecule has 0 aromatic heterocycles. The maximum absolute atomic E-state index is 12.6. The van der Waals surface area contributed by atoms with Crippen LogP contribution >= 0.6 is 0 Å². The number of rotatable bonds is 4. The molecule has 1 atom stereocenters. The molecule has 0 saturated heterocycles. The highest BCUT2D eigenvalue weighted by atomic mass is 16.5. The summed E-state index contributed by atoms with van der Waals surface area (Å²) in [7, 11) is 0. The minimum atomic E-state index is -0.799. The van der Waals surface area contributed by atoms with Crippen LogP contribution in [0.4, 0.5) is 5.69 Å². The van der Waals surface area contributed by atoms with Gasteiger partial charge in [0.1, 0.15) is 11.6 Å². The summed E-state index contributed by atoms with van der Waals surface area (Å²) in [6, 6.07) is 16.9. The predicted octanol–water partition coefficient (Wildman–Crippen LogP) is 3.42. The van der Waals surface area contributed by atoms with E-state index in [1.165, 1.54) is 6.08 Å². The monoisotopic (exact) mass is 360 g/mol. The van der Waals surface area contributed by atoms with Crippen LogP contribution in [0.1, 0.15) is 23.6 Å². The zero-order valence-electron chi connectivity index (χ0n) is 15.3. The molecule has 0 radical (unpaired) electrons. The van der Waals surface area contributed by atoms with E-state index in [0.29, 0.717) is 0 Å². The number of fused-ring (bicyclic) bond motifs is 1. The van der Waals surface area contributed by atoms with Crippen molar-refractivity contribution in [2.45, 2.75) is 26.3 Å². The molecular weight excluding hydrogens is 340 g/mol. The molecule has 0 unspecified atom stereocenters. The van der Waals surface area contributed by atoms with Gasteiger partial charge >= 0.3 is 5.97 Å². The number of nitrogens with zero attached hydrogens (tertiary/aromatic N) is 2. The summed E-state index contributed by atoms with van der Waals surface area (Å²) in [5.74, 6) is -1.10. The molecule has 2 aromatic rings.